The van der Waals surface area contributed by atoms with Crippen LogP contribution in [0.1, 0.15) is 58.1 Å². The molecule has 1 rings (SSSR count). The maximum atomic E-state index is 3.67. The van der Waals surface area contributed by atoms with E-state index in [9.17, 15) is 0 Å². The summed E-state index contributed by atoms with van der Waals surface area (Å²) in [6.07, 6.45) is 5.19. The minimum atomic E-state index is 0.734. The molecule has 0 saturated carbocycles. The molecular formula is C20H35N. The molecule has 1 aromatic carbocycles. The Kier molecular flexibility index (Phi) is 8.68. The van der Waals surface area contributed by atoms with Gasteiger partial charge in [0.15, 0.2) is 0 Å². The van der Waals surface area contributed by atoms with Gasteiger partial charge in [0.2, 0.25) is 0 Å². The first kappa shape index (κ1) is 18.2. The van der Waals surface area contributed by atoms with Gasteiger partial charge in [-0.05, 0) is 56.2 Å². The first-order valence-electron chi connectivity index (χ1n) is 8.81. The third-order valence-electron chi connectivity index (χ3n) is 4.41. The topological polar surface area (TPSA) is 12.0 Å². The molecule has 0 aliphatic heterocycles. The van der Waals surface area contributed by atoms with Crippen LogP contribution in [0.4, 0.5) is 0 Å². The van der Waals surface area contributed by atoms with Crippen LogP contribution < -0.4 is 5.32 Å². The number of benzene rings is 1. The van der Waals surface area contributed by atoms with Crippen LogP contribution in [0.5, 0.6) is 0 Å². The Balaban J connectivity index is 2.61. The molecule has 0 radical (unpaired) electrons. The molecule has 0 aliphatic rings. The molecule has 21 heavy (non-hydrogen) atoms. The lowest BCUT2D eigenvalue weighted by atomic mass is 9.86. The Bertz CT molecular complexity index is 379. The van der Waals surface area contributed by atoms with Crippen molar-refractivity contribution in [2.24, 2.45) is 17.8 Å². The lowest BCUT2D eigenvalue weighted by Crippen LogP contribution is -2.29. The second kappa shape index (κ2) is 10.00. The number of nitrogens with one attached hydrogen (secondary N) is 1. The summed E-state index contributed by atoms with van der Waals surface area (Å²) in [6, 6.07) is 9.02. The number of hydrogen-bond donors (Lipinski definition) is 1. The molecule has 1 nitrogen and oxygen atoms in total. The summed E-state index contributed by atoms with van der Waals surface area (Å²) >= 11 is 0. The Morgan fingerprint density at radius 2 is 1.71 bits per heavy atom. The van der Waals surface area contributed by atoms with Crippen molar-refractivity contribution in [2.75, 3.05) is 13.1 Å². The summed E-state index contributed by atoms with van der Waals surface area (Å²) in [4.78, 5) is 0. The maximum absolute atomic E-state index is 3.67. The smallest absolute Gasteiger partial charge is 0.00171 e. The highest BCUT2D eigenvalue weighted by Gasteiger charge is 2.15. The van der Waals surface area contributed by atoms with Crippen LogP contribution in [0.25, 0.3) is 0 Å². The monoisotopic (exact) mass is 289 g/mol. The lowest BCUT2D eigenvalue weighted by molar-refractivity contribution is 0.333. The Morgan fingerprint density at radius 1 is 1.00 bits per heavy atom. The highest BCUT2D eigenvalue weighted by atomic mass is 14.9. The van der Waals surface area contributed by atoms with Crippen LogP contribution >= 0.6 is 0 Å². The molecule has 1 N–H and O–H groups in total. The van der Waals surface area contributed by atoms with Crippen molar-refractivity contribution >= 4 is 0 Å². The summed E-state index contributed by atoms with van der Waals surface area (Å²) in [5.74, 6) is 2.37. The highest BCUT2D eigenvalue weighted by molar-refractivity contribution is 5.22. The van der Waals surface area contributed by atoms with Gasteiger partial charge in [-0.3, -0.25) is 0 Å². The molecule has 1 unspecified atom stereocenters. The van der Waals surface area contributed by atoms with Crippen LogP contribution in [0.3, 0.4) is 0 Å². The van der Waals surface area contributed by atoms with Gasteiger partial charge in [-0.25, -0.2) is 0 Å². The van der Waals surface area contributed by atoms with E-state index in [1.807, 2.05) is 0 Å². The second-order valence-electron chi connectivity index (χ2n) is 7.03. The van der Waals surface area contributed by atoms with E-state index in [1.165, 1.54) is 36.8 Å². The van der Waals surface area contributed by atoms with Crippen LogP contribution in [-0.2, 0) is 6.42 Å². The van der Waals surface area contributed by atoms with Crippen molar-refractivity contribution in [3.05, 3.63) is 35.4 Å². The molecule has 0 amide bonds. The van der Waals surface area contributed by atoms with Gasteiger partial charge >= 0.3 is 0 Å². The number of aryl methyl sites for hydroxylation is 1. The molecule has 1 atom stereocenters. The van der Waals surface area contributed by atoms with Crippen LogP contribution in [0.2, 0.25) is 0 Å². The summed E-state index contributed by atoms with van der Waals surface area (Å²) in [5, 5.41) is 3.67. The predicted octanol–water partition coefficient (Wildman–Crippen LogP) is 5.23. The Hall–Kier alpha value is -0.820. The van der Waals surface area contributed by atoms with Crippen molar-refractivity contribution < 1.29 is 0 Å². The Morgan fingerprint density at radius 3 is 2.29 bits per heavy atom. The van der Waals surface area contributed by atoms with E-state index in [4.69, 9.17) is 0 Å². The van der Waals surface area contributed by atoms with Crippen molar-refractivity contribution in [1.29, 1.82) is 0 Å². The van der Waals surface area contributed by atoms with Gasteiger partial charge in [-0.2, -0.15) is 0 Å². The second-order valence-corrected chi connectivity index (χ2v) is 7.03. The van der Waals surface area contributed by atoms with Gasteiger partial charge in [-0.1, -0.05) is 70.4 Å². The van der Waals surface area contributed by atoms with Gasteiger partial charge in [0, 0.05) is 0 Å². The first-order chi connectivity index (χ1) is 10.0. The highest BCUT2D eigenvalue weighted by Crippen LogP contribution is 2.22. The van der Waals surface area contributed by atoms with Gasteiger partial charge in [0.25, 0.3) is 0 Å². The molecule has 0 aromatic heterocycles. The molecule has 1 heteroatoms. The molecule has 0 heterocycles. The third-order valence-corrected chi connectivity index (χ3v) is 4.41. The van der Waals surface area contributed by atoms with Crippen molar-refractivity contribution in [2.45, 2.75) is 60.3 Å². The van der Waals surface area contributed by atoms with E-state index in [1.54, 1.807) is 0 Å². The largest absolute Gasteiger partial charge is 0.316 e. The quantitative estimate of drug-likeness (QED) is 0.622. The van der Waals surface area contributed by atoms with Crippen LogP contribution in [-0.4, -0.2) is 13.1 Å². The standard InChI is InChI=1S/C20H35N/c1-6-18(7-2)12-20(15-21-14-16(3)4)13-19-10-8-9-17(5)11-19/h8-11,16,18,20-21H,6-7,12-15H2,1-5H3. The minimum absolute atomic E-state index is 0.734. The summed E-state index contributed by atoms with van der Waals surface area (Å²) in [7, 11) is 0. The number of hydrogen-bond acceptors (Lipinski definition) is 1. The molecule has 120 valence electrons. The van der Waals surface area contributed by atoms with Crippen molar-refractivity contribution in [3.63, 3.8) is 0 Å². The van der Waals surface area contributed by atoms with E-state index in [-0.39, 0.29) is 0 Å². The SMILES string of the molecule is CCC(CC)CC(CNCC(C)C)Cc1cccc(C)c1. The fraction of sp³-hybridized carbons (Fsp3) is 0.700. The lowest BCUT2D eigenvalue weighted by Gasteiger charge is -2.23. The van der Waals surface area contributed by atoms with Gasteiger partial charge < -0.3 is 5.32 Å². The average Bonchev–Trinajstić information content (AvgIpc) is 2.44. The van der Waals surface area contributed by atoms with E-state index < -0.39 is 0 Å². The minimum Gasteiger partial charge on any atom is -0.316 e. The Labute approximate surface area is 132 Å². The van der Waals surface area contributed by atoms with Crippen molar-refractivity contribution in [3.8, 4) is 0 Å². The summed E-state index contributed by atoms with van der Waals surface area (Å²) in [6.45, 7) is 13.7. The van der Waals surface area contributed by atoms with Gasteiger partial charge in [-0.15, -0.1) is 0 Å². The average molecular weight is 290 g/mol. The molecule has 0 saturated heterocycles. The summed E-state index contributed by atoms with van der Waals surface area (Å²) < 4.78 is 0. The van der Waals surface area contributed by atoms with Crippen LogP contribution in [0, 0.1) is 24.7 Å². The first-order valence-corrected chi connectivity index (χ1v) is 8.81. The third kappa shape index (κ3) is 7.66. The molecular weight excluding hydrogens is 254 g/mol. The molecule has 0 spiro atoms. The maximum Gasteiger partial charge on any atom is -0.00171 e. The zero-order valence-electron chi connectivity index (χ0n) is 14.8. The van der Waals surface area contributed by atoms with Crippen molar-refractivity contribution in [1.82, 2.24) is 5.32 Å². The molecule has 0 bridgehead atoms. The summed E-state index contributed by atoms with van der Waals surface area (Å²) in [5.41, 5.74) is 2.88. The van der Waals surface area contributed by atoms with Gasteiger partial charge in [0.05, 0.1) is 0 Å². The molecule has 1 aromatic rings. The zero-order valence-corrected chi connectivity index (χ0v) is 14.8. The van der Waals surface area contributed by atoms with E-state index in [0.29, 0.717) is 0 Å². The number of rotatable bonds is 10. The van der Waals surface area contributed by atoms with E-state index >= 15 is 0 Å². The fourth-order valence-corrected chi connectivity index (χ4v) is 3.08. The fourth-order valence-electron chi connectivity index (χ4n) is 3.08. The van der Waals surface area contributed by atoms with E-state index in [0.717, 1.165) is 30.8 Å². The zero-order chi connectivity index (χ0) is 15.7. The normalized spacial score (nSPS) is 13.1. The van der Waals surface area contributed by atoms with E-state index in [2.05, 4.69) is 64.2 Å². The molecule has 0 aliphatic carbocycles. The van der Waals surface area contributed by atoms with Gasteiger partial charge in [0.1, 0.15) is 0 Å². The molecule has 0 fully saturated rings. The predicted molar refractivity (Wildman–Crippen MR) is 94.8 cm³/mol. The van der Waals surface area contributed by atoms with Crippen LogP contribution in [0.15, 0.2) is 24.3 Å².